The first kappa shape index (κ1) is 23.1. The molecule has 0 aliphatic carbocycles. The van der Waals surface area contributed by atoms with E-state index in [9.17, 15) is 13.2 Å². The highest BCUT2D eigenvalue weighted by molar-refractivity contribution is 7.92. The van der Waals surface area contributed by atoms with Gasteiger partial charge >= 0.3 is 0 Å². The molecule has 0 saturated heterocycles. The maximum Gasteiger partial charge on any atom is 0.261 e. The molecular weight excluding hydrogens is 454 g/mol. The van der Waals surface area contributed by atoms with Gasteiger partial charge in [0, 0.05) is 40.3 Å². The number of amides is 1. The summed E-state index contributed by atoms with van der Waals surface area (Å²) in [6.45, 7) is 5.44. The van der Waals surface area contributed by atoms with E-state index < -0.39 is 15.4 Å². The number of nitrogens with one attached hydrogen (secondary N) is 2. The number of rotatable bonds is 6. The molecular formula is C24H23N5O4S. The van der Waals surface area contributed by atoms with Crippen LogP contribution in [-0.4, -0.2) is 29.5 Å². The monoisotopic (exact) mass is 477 g/mol. The Kier molecular flexibility index (Phi) is 6.16. The molecule has 2 aromatic heterocycles. The lowest BCUT2D eigenvalue weighted by Gasteiger charge is -2.17. The van der Waals surface area contributed by atoms with Gasteiger partial charge < -0.3 is 9.73 Å². The van der Waals surface area contributed by atoms with Gasteiger partial charge in [0.05, 0.1) is 4.90 Å². The summed E-state index contributed by atoms with van der Waals surface area (Å²) >= 11 is 0. The quantitative estimate of drug-likeness (QED) is 0.416. The molecule has 0 radical (unpaired) electrons. The third-order valence-electron chi connectivity index (χ3n) is 4.82. The SMILES string of the molecule is CC(C)(C)C(=O)Nc1ccc(NS(=O)(=O)c2cccc(-c3nnc(-c4ccncc4)o3)c2)cc1. The molecule has 2 aromatic carbocycles. The summed E-state index contributed by atoms with van der Waals surface area (Å²) in [6.07, 6.45) is 3.23. The third-order valence-corrected chi connectivity index (χ3v) is 6.20. The molecule has 0 spiro atoms. The van der Waals surface area contributed by atoms with Crippen LogP contribution in [0, 0.1) is 5.41 Å². The lowest BCUT2D eigenvalue weighted by atomic mass is 9.95. The van der Waals surface area contributed by atoms with Gasteiger partial charge in [-0.1, -0.05) is 26.8 Å². The normalized spacial score (nSPS) is 11.7. The predicted molar refractivity (Wildman–Crippen MR) is 128 cm³/mol. The summed E-state index contributed by atoms with van der Waals surface area (Å²) in [5.41, 5.74) is 1.57. The number of aromatic nitrogens is 3. The van der Waals surface area contributed by atoms with Crippen LogP contribution >= 0.6 is 0 Å². The van der Waals surface area contributed by atoms with E-state index in [4.69, 9.17) is 4.42 Å². The summed E-state index contributed by atoms with van der Waals surface area (Å²) in [7, 11) is -3.88. The number of hydrogen-bond acceptors (Lipinski definition) is 7. The van der Waals surface area contributed by atoms with Gasteiger partial charge in [-0.2, -0.15) is 0 Å². The van der Waals surface area contributed by atoms with Crippen LogP contribution in [0.2, 0.25) is 0 Å². The smallest absolute Gasteiger partial charge is 0.261 e. The Hall–Kier alpha value is -4.05. The first-order valence-corrected chi connectivity index (χ1v) is 11.9. The molecule has 10 heteroatoms. The van der Waals surface area contributed by atoms with E-state index in [1.165, 1.54) is 12.1 Å². The van der Waals surface area contributed by atoms with Crippen LogP contribution in [0.4, 0.5) is 11.4 Å². The van der Waals surface area contributed by atoms with Crippen LogP contribution in [0.1, 0.15) is 20.8 Å². The molecule has 0 saturated carbocycles. The van der Waals surface area contributed by atoms with Crippen LogP contribution in [0.3, 0.4) is 0 Å². The van der Waals surface area contributed by atoms with Gasteiger partial charge in [-0.25, -0.2) is 8.42 Å². The lowest BCUT2D eigenvalue weighted by Crippen LogP contribution is -2.27. The van der Waals surface area contributed by atoms with E-state index in [2.05, 4.69) is 25.2 Å². The minimum Gasteiger partial charge on any atom is -0.416 e. The summed E-state index contributed by atoms with van der Waals surface area (Å²) < 4.78 is 34.2. The van der Waals surface area contributed by atoms with E-state index in [1.807, 2.05) is 20.8 Å². The van der Waals surface area contributed by atoms with Crippen molar-refractivity contribution in [2.45, 2.75) is 25.7 Å². The molecule has 0 unspecified atom stereocenters. The van der Waals surface area contributed by atoms with E-state index in [0.29, 0.717) is 28.4 Å². The van der Waals surface area contributed by atoms with Crippen LogP contribution in [-0.2, 0) is 14.8 Å². The third kappa shape index (κ3) is 5.29. The zero-order chi connectivity index (χ0) is 24.3. The largest absolute Gasteiger partial charge is 0.416 e. The second-order valence-corrected chi connectivity index (χ2v) is 10.2. The first-order valence-electron chi connectivity index (χ1n) is 10.4. The van der Waals surface area contributed by atoms with Crippen molar-refractivity contribution in [1.82, 2.24) is 15.2 Å². The van der Waals surface area contributed by atoms with E-state index in [-0.39, 0.29) is 16.7 Å². The molecule has 1 amide bonds. The highest BCUT2D eigenvalue weighted by atomic mass is 32.2. The number of benzene rings is 2. The number of hydrogen-bond donors (Lipinski definition) is 2. The van der Waals surface area contributed by atoms with Crippen LogP contribution in [0.15, 0.2) is 82.4 Å². The highest BCUT2D eigenvalue weighted by Gasteiger charge is 2.21. The van der Waals surface area contributed by atoms with Gasteiger partial charge in [0.25, 0.3) is 10.0 Å². The Bertz CT molecular complexity index is 1410. The van der Waals surface area contributed by atoms with Crippen molar-refractivity contribution in [2.75, 3.05) is 10.0 Å². The molecule has 2 N–H and O–H groups in total. The molecule has 0 aliphatic rings. The fourth-order valence-corrected chi connectivity index (χ4v) is 4.01. The first-order chi connectivity index (χ1) is 16.1. The van der Waals surface area contributed by atoms with E-state index in [0.717, 1.165) is 0 Å². The lowest BCUT2D eigenvalue weighted by molar-refractivity contribution is -0.123. The van der Waals surface area contributed by atoms with Crippen LogP contribution in [0.5, 0.6) is 0 Å². The Labute approximate surface area is 197 Å². The summed E-state index contributed by atoms with van der Waals surface area (Å²) in [5, 5.41) is 10.9. The molecule has 0 atom stereocenters. The Balaban J connectivity index is 1.51. The molecule has 0 bridgehead atoms. The predicted octanol–water partition coefficient (Wildman–Crippen LogP) is 4.58. The number of anilines is 2. The van der Waals surface area contributed by atoms with E-state index >= 15 is 0 Å². The Morgan fingerprint density at radius 2 is 1.47 bits per heavy atom. The molecule has 0 aliphatic heterocycles. The molecule has 34 heavy (non-hydrogen) atoms. The van der Waals surface area contributed by atoms with Crippen molar-refractivity contribution in [1.29, 1.82) is 0 Å². The van der Waals surface area contributed by atoms with Crippen molar-refractivity contribution < 1.29 is 17.6 Å². The van der Waals surface area contributed by atoms with Crippen molar-refractivity contribution in [3.05, 3.63) is 73.1 Å². The summed E-state index contributed by atoms with van der Waals surface area (Å²) in [5.74, 6) is 0.371. The number of nitrogens with zero attached hydrogens (tertiary/aromatic N) is 3. The van der Waals surface area contributed by atoms with Gasteiger partial charge in [-0.3, -0.25) is 14.5 Å². The second-order valence-electron chi connectivity index (χ2n) is 8.56. The van der Waals surface area contributed by atoms with Gasteiger partial charge in [0.15, 0.2) is 0 Å². The average molecular weight is 478 g/mol. The standard InChI is InChI=1S/C24H23N5O4S/c1-24(2,3)23(30)26-18-7-9-19(10-8-18)29-34(31,32)20-6-4-5-17(15-20)22-28-27-21(33-22)16-11-13-25-14-12-16/h4-15,29H,1-3H3,(H,26,30). The number of carbonyl (C=O) groups excluding carboxylic acids is 1. The maximum atomic E-state index is 13.0. The van der Waals surface area contributed by atoms with Crippen molar-refractivity contribution in [3.63, 3.8) is 0 Å². The fraction of sp³-hybridized carbons (Fsp3) is 0.167. The molecule has 4 aromatic rings. The second kappa shape index (κ2) is 9.06. The minimum atomic E-state index is -3.88. The topological polar surface area (TPSA) is 127 Å². The molecule has 2 heterocycles. The zero-order valence-corrected chi connectivity index (χ0v) is 19.6. The average Bonchev–Trinajstić information content (AvgIpc) is 3.31. The minimum absolute atomic E-state index is 0.0405. The highest BCUT2D eigenvalue weighted by Crippen LogP contribution is 2.26. The fourth-order valence-electron chi connectivity index (χ4n) is 2.90. The van der Waals surface area contributed by atoms with Gasteiger partial charge in [0.2, 0.25) is 17.7 Å². The van der Waals surface area contributed by atoms with Crippen molar-refractivity contribution in [3.8, 4) is 22.9 Å². The van der Waals surface area contributed by atoms with Crippen LogP contribution in [0.25, 0.3) is 22.9 Å². The number of carbonyl (C=O) groups is 1. The van der Waals surface area contributed by atoms with E-state index in [1.54, 1.807) is 60.9 Å². The zero-order valence-electron chi connectivity index (χ0n) is 18.8. The summed E-state index contributed by atoms with van der Waals surface area (Å²) in [4.78, 5) is 16.1. The summed E-state index contributed by atoms with van der Waals surface area (Å²) in [6, 6.07) is 16.1. The van der Waals surface area contributed by atoms with Gasteiger partial charge in [-0.15, -0.1) is 10.2 Å². The molecule has 4 rings (SSSR count). The van der Waals surface area contributed by atoms with Crippen LogP contribution < -0.4 is 10.0 Å². The van der Waals surface area contributed by atoms with Gasteiger partial charge in [-0.05, 0) is 54.6 Å². The molecule has 174 valence electrons. The molecule has 9 nitrogen and oxygen atoms in total. The number of pyridine rings is 1. The van der Waals surface area contributed by atoms with Gasteiger partial charge in [0.1, 0.15) is 0 Å². The molecule has 0 fully saturated rings. The van der Waals surface area contributed by atoms with Crippen molar-refractivity contribution in [2.24, 2.45) is 5.41 Å². The Morgan fingerprint density at radius 1 is 0.853 bits per heavy atom. The number of sulfonamides is 1. The maximum absolute atomic E-state index is 13.0. The Morgan fingerprint density at radius 3 is 2.12 bits per heavy atom. The van der Waals surface area contributed by atoms with Crippen molar-refractivity contribution >= 4 is 27.3 Å².